The highest BCUT2D eigenvalue weighted by atomic mass is 16.4. The van der Waals surface area contributed by atoms with Crippen molar-refractivity contribution in [1.29, 1.82) is 0 Å². The van der Waals surface area contributed by atoms with Crippen LogP contribution in [0.4, 0.5) is 10.5 Å². The number of urea groups is 1. The van der Waals surface area contributed by atoms with E-state index in [9.17, 15) is 9.59 Å². The summed E-state index contributed by atoms with van der Waals surface area (Å²) in [5, 5.41) is 11.4. The largest absolute Gasteiger partial charge is 0.481 e. The summed E-state index contributed by atoms with van der Waals surface area (Å²) in [5.41, 5.74) is 2.88. The van der Waals surface area contributed by atoms with E-state index in [4.69, 9.17) is 5.11 Å². The van der Waals surface area contributed by atoms with Gasteiger partial charge in [0, 0.05) is 18.8 Å². The normalized spacial score (nSPS) is 10.1. The Balaban J connectivity index is 2.68. The van der Waals surface area contributed by atoms with E-state index in [1.165, 1.54) is 4.90 Å². The van der Waals surface area contributed by atoms with Gasteiger partial charge in [0.25, 0.3) is 0 Å². The molecule has 1 rings (SSSR count). The van der Waals surface area contributed by atoms with Gasteiger partial charge >= 0.3 is 12.0 Å². The molecule has 0 aliphatic heterocycles. The first kappa shape index (κ1) is 15.0. The molecule has 0 unspecified atom stereocenters. The maximum Gasteiger partial charge on any atom is 0.321 e. The van der Waals surface area contributed by atoms with E-state index in [1.54, 1.807) is 0 Å². The molecule has 0 spiro atoms. The molecule has 5 heteroatoms. The van der Waals surface area contributed by atoms with Crippen molar-refractivity contribution in [2.24, 2.45) is 0 Å². The highest BCUT2D eigenvalue weighted by Crippen LogP contribution is 2.14. The first-order valence-corrected chi connectivity index (χ1v) is 6.28. The van der Waals surface area contributed by atoms with E-state index >= 15 is 0 Å². The number of carbonyl (C=O) groups excluding carboxylic acids is 1. The summed E-state index contributed by atoms with van der Waals surface area (Å²) < 4.78 is 0. The van der Waals surface area contributed by atoms with Gasteiger partial charge in [0.1, 0.15) is 0 Å². The summed E-state index contributed by atoms with van der Waals surface area (Å²) in [4.78, 5) is 24.0. The van der Waals surface area contributed by atoms with Crippen LogP contribution in [0.3, 0.4) is 0 Å². The summed E-state index contributed by atoms with van der Waals surface area (Å²) >= 11 is 0. The molecule has 0 saturated carbocycles. The lowest BCUT2D eigenvalue weighted by Gasteiger charge is -2.20. The van der Waals surface area contributed by atoms with Crippen molar-refractivity contribution >= 4 is 17.7 Å². The standard InChI is InChI=1S/C14H20N2O3/c1-4-16(6-5-13(17)18)14(19)15-12-8-10(2)7-11(3)9-12/h7-9H,4-6H2,1-3H3,(H,15,19)(H,17,18). The lowest BCUT2D eigenvalue weighted by molar-refractivity contribution is -0.137. The molecule has 19 heavy (non-hydrogen) atoms. The van der Waals surface area contributed by atoms with Crippen LogP contribution in [0.1, 0.15) is 24.5 Å². The summed E-state index contributed by atoms with van der Waals surface area (Å²) in [6.45, 7) is 6.44. The van der Waals surface area contributed by atoms with E-state index in [1.807, 2.05) is 39.0 Å². The number of anilines is 1. The fourth-order valence-corrected chi connectivity index (χ4v) is 1.88. The van der Waals surface area contributed by atoms with Crippen molar-refractivity contribution in [2.45, 2.75) is 27.2 Å². The highest BCUT2D eigenvalue weighted by molar-refractivity contribution is 5.89. The Labute approximate surface area is 113 Å². The maximum absolute atomic E-state index is 12.0. The Hall–Kier alpha value is -2.04. The number of amides is 2. The number of hydrogen-bond acceptors (Lipinski definition) is 2. The Morgan fingerprint density at radius 1 is 1.21 bits per heavy atom. The average Bonchev–Trinajstić information content (AvgIpc) is 2.27. The van der Waals surface area contributed by atoms with Gasteiger partial charge in [-0.15, -0.1) is 0 Å². The zero-order chi connectivity index (χ0) is 14.4. The van der Waals surface area contributed by atoms with Crippen LogP contribution in [0, 0.1) is 13.8 Å². The third-order valence-electron chi connectivity index (χ3n) is 2.74. The van der Waals surface area contributed by atoms with Gasteiger partial charge in [-0.1, -0.05) is 6.07 Å². The lowest BCUT2D eigenvalue weighted by Crippen LogP contribution is -2.36. The third kappa shape index (κ3) is 4.99. The van der Waals surface area contributed by atoms with Gasteiger partial charge in [0.05, 0.1) is 6.42 Å². The molecule has 5 nitrogen and oxygen atoms in total. The van der Waals surface area contributed by atoms with Crippen LogP contribution in [-0.2, 0) is 4.79 Å². The monoisotopic (exact) mass is 264 g/mol. The predicted octanol–water partition coefficient (Wildman–Crippen LogP) is 2.63. The fraction of sp³-hybridized carbons (Fsp3) is 0.429. The summed E-state index contributed by atoms with van der Waals surface area (Å²) in [6.07, 6.45) is -0.0475. The van der Waals surface area contributed by atoms with Gasteiger partial charge in [0.2, 0.25) is 0 Å². The molecule has 104 valence electrons. The average molecular weight is 264 g/mol. The number of nitrogens with one attached hydrogen (secondary N) is 1. The molecule has 0 bridgehead atoms. The quantitative estimate of drug-likeness (QED) is 0.859. The second-order valence-electron chi connectivity index (χ2n) is 4.53. The maximum atomic E-state index is 12.0. The number of aryl methyl sites for hydroxylation is 2. The van der Waals surface area contributed by atoms with Gasteiger partial charge in [-0.3, -0.25) is 4.79 Å². The molecule has 0 atom stereocenters. The number of benzene rings is 1. The van der Waals surface area contributed by atoms with Crippen molar-refractivity contribution in [1.82, 2.24) is 4.90 Å². The number of carboxylic acid groups (broad SMARTS) is 1. The SMILES string of the molecule is CCN(CCC(=O)O)C(=O)Nc1cc(C)cc(C)c1. The predicted molar refractivity (Wildman–Crippen MR) is 74.4 cm³/mol. The summed E-state index contributed by atoms with van der Waals surface area (Å²) in [6, 6.07) is 5.53. The smallest absolute Gasteiger partial charge is 0.321 e. The van der Waals surface area contributed by atoms with E-state index in [0.29, 0.717) is 6.54 Å². The van der Waals surface area contributed by atoms with E-state index < -0.39 is 5.97 Å². The molecule has 0 aliphatic carbocycles. The van der Waals surface area contributed by atoms with Crippen LogP contribution >= 0.6 is 0 Å². The number of rotatable bonds is 5. The Morgan fingerprint density at radius 3 is 2.26 bits per heavy atom. The highest BCUT2D eigenvalue weighted by Gasteiger charge is 2.13. The Morgan fingerprint density at radius 2 is 1.79 bits per heavy atom. The Bertz CT molecular complexity index is 452. The minimum Gasteiger partial charge on any atom is -0.481 e. The molecule has 0 radical (unpaired) electrons. The second-order valence-corrected chi connectivity index (χ2v) is 4.53. The second kappa shape index (κ2) is 6.78. The minimum atomic E-state index is -0.905. The van der Waals surface area contributed by atoms with Crippen LogP contribution in [-0.4, -0.2) is 35.1 Å². The molecule has 2 amide bonds. The molecular formula is C14H20N2O3. The van der Waals surface area contributed by atoms with Crippen molar-refractivity contribution < 1.29 is 14.7 Å². The summed E-state index contributed by atoms with van der Waals surface area (Å²) in [7, 11) is 0. The topological polar surface area (TPSA) is 69.6 Å². The summed E-state index contributed by atoms with van der Waals surface area (Å²) in [5.74, 6) is -0.905. The number of carboxylic acids is 1. The molecule has 1 aromatic rings. The van der Waals surface area contributed by atoms with Crippen molar-refractivity contribution in [2.75, 3.05) is 18.4 Å². The number of nitrogens with zero attached hydrogens (tertiary/aromatic N) is 1. The van der Waals surface area contributed by atoms with Crippen molar-refractivity contribution in [3.8, 4) is 0 Å². The van der Waals surface area contributed by atoms with Crippen LogP contribution in [0.2, 0.25) is 0 Å². The zero-order valence-electron chi connectivity index (χ0n) is 11.6. The molecule has 2 N–H and O–H groups in total. The van der Waals surface area contributed by atoms with Gasteiger partial charge in [-0.2, -0.15) is 0 Å². The molecule has 0 fully saturated rings. The van der Waals surface area contributed by atoms with E-state index in [2.05, 4.69) is 5.32 Å². The molecule has 1 aromatic carbocycles. The van der Waals surface area contributed by atoms with E-state index in [-0.39, 0.29) is 19.0 Å². The van der Waals surface area contributed by atoms with Crippen molar-refractivity contribution in [3.05, 3.63) is 29.3 Å². The van der Waals surface area contributed by atoms with Gasteiger partial charge in [-0.25, -0.2) is 4.79 Å². The van der Waals surface area contributed by atoms with Gasteiger partial charge < -0.3 is 15.3 Å². The molecule has 0 heterocycles. The third-order valence-corrected chi connectivity index (χ3v) is 2.74. The van der Waals surface area contributed by atoms with Gasteiger partial charge in [-0.05, 0) is 44.0 Å². The van der Waals surface area contributed by atoms with Crippen LogP contribution in [0.15, 0.2) is 18.2 Å². The molecular weight excluding hydrogens is 244 g/mol. The lowest BCUT2D eigenvalue weighted by atomic mass is 10.1. The van der Waals surface area contributed by atoms with Crippen LogP contribution < -0.4 is 5.32 Å². The minimum absolute atomic E-state index is 0.0475. The first-order chi connectivity index (χ1) is 8.92. The fourth-order valence-electron chi connectivity index (χ4n) is 1.88. The van der Waals surface area contributed by atoms with E-state index in [0.717, 1.165) is 16.8 Å². The molecule has 0 aliphatic rings. The zero-order valence-corrected chi connectivity index (χ0v) is 11.6. The van der Waals surface area contributed by atoms with Crippen molar-refractivity contribution in [3.63, 3.8) is 0 Å². The van der Waals surface area contributed by atoms with Gasteiger partial charge in [0.15, 0.2) is 0 Å². The number of hydrogen-bond donors (Lipinski definition) is 2. The number of aliphatic carboxylic acids is 1. The molecule has 0 saturated heterocycles. The Kier molecular flexibility index (Phi) is 5.36. The molecule has 0 aromatic heterocycles. The number of carbonyl (C=O) groups is 2. The van der Waals surface area contributed by atoms with Crippen LogP contribution in [0.25, 0.3) is 0 Å². The first-order valence-electron chi connectivity index (χ1n) is 6.28. The van der Waals surface area contributed by atoms with Crippen LogP contribution in [0.5, 0.6) is 0 Å².